The molecule has 0 aliphatic rings. The van der Waals surface area contributed by atoms with Crippen LogP contribution in [-0.2, 0) is 0 Å². The Kier molecular flexibility index (Phi) is 2.90. The molecule has 0 atom stereocenters. The number of aromatic amines is 1. The van der Waals surface area contributed by atoms with Gasteiger partial charge in [-0.15, -0.1) is 0 Å². The average Bonchev–Trinajstić information content (AvgIpc) is 2.68. The van der Waals surface area contributed by atoms with Crippen molar-refractivity contribution in [2.75, 3.05) is 6.54 Å². The van der Waals surface area contributed by atoms with Crippen molar-refractivity contribution in [3.63, 3.8) is 0 Å². The fraction of sp³-hybridized carbons (Fsp3) is 0.308. The standard InChI is InChI=1S/C13H17N3O/c1-13(2,14)8-16-12(17)10-7-15-11-6-4-3-5-9(10)11/h3-7,15H,8,14H2,1-2H3,(H,16,17). The van der Waals surface area contributed by atoms with Crippen LogP contribution in [0.25, 0.3) is 10.9 Å². The van der Waals surface area contributed by atoms with Gasteiger partial charge in [-0.25, -0.2) is 0 Å². The van der Waals surface area contributed by atoms with Gasteiger partial charge in [0, 0.05) is 29.2 Å². The fourth-order valence-electron chi connectivity index (χ4n) is 1.66. The van der Waals surface area contributed by atoms with Crippen LogP contribution < -0.4 is 11.1 Å². The summed E-state index contributed by atoms with van der Waals surface area (Å²) < 4.78 is 0. The summed E-state index contributed by atoms with van der Waals surface area (Å²) in [7, 11) is 0. The first kappa shape index (κ1) is 11.7. The molecular formula is C13H17N3O. The first-order valence-electron chi connectivity index (χ1n) is 5.60. The molecule has 17 heavy (non-hydrogen) atoms. The summed E-state index contributed by atoms with van der Waals surface area (Å²) in [5.74, 6) is -0.0963. The third-order valence-electron chi connectivity index (χ3n) is 2.54. The summed E-state index contributed by atoms with van der Waals surface area (Å²) in [5.41, 5.74) is 7.05. The summed E-state index contributed by atoms with van der Waals surface area (Å²) in [6, 6.07) is 7.72. The molecule has 1 aromatic heterocycles. The lowest BCUT2D eigenvalue weighted by atomic mass is 10.1. The molecule has 0 aliphatic heterocycles. The number of nitrogens with two attached hydrogens (primary N) is 1. The molecule has 2 rings (SSSR count). The molecule has 4 nitrogen and oxygen atoms in total. The Morgan fingerprint density at radius 1 is 1.41 bits per heavy atom. The van der Waals surface area contributed by atoms with E-state index in [1.165, 1.54) is 0 Å². The Balaban J connectivity index is 2.20. The van der Waals surface area contributed by atoms with Gasteiger partial charge in [0.1, 0.15) is 0 Å². The number of hydrogen-bond acceptors (Lipinski definition) is 2. The molecule has 4 N–H and O–H groups in total. The first-order valence-corrected chi connectivity index (χ1v) is 5.60. The average molecular weight is 231 g/mol. The van der Waals surface area contributed by atoms with E-state index in [2.05, 4.69) is 10.3 Å². The molecule has 0 fully saturated rings. The van der Waals surface area contributed by atoms with Crippen LogP contribution in [0.4, 0.5) is 0 Å². The molecule has 1 aromatic carbocycles. The van der Waals surface area contributed by atoms with Crippen molar-refractivity contribution in [2.24, 2.45) is 5.73 Å². The van der Waals surface area contributed by atoms with Crippen LogP contribution >= 0.6 is 0 Å². The van der Waals surface area contributed by atoms with E-state index >= 15 is 0 Å². The van der Waals surface area contributed by atoms with E-state index in [-0.39, 0.29) is 5.91 Å². The molecule has 0 spiro atoms. The highest BCUT2D eigenvalue weighted by Gasteiger charge is 2.15. The number of benzene rings is 1. The molecule has 2 aromatic rings. The van der Waals surface area contributed by atoms with Gasteiger partial charge in [0.15, 0.2) is 0 Å². The van der Waals surface area contributed by atoms with Crippen LogP contribution in [0.1, 0.15) is 24.2 Å². The van der Waals surface area contributed by atoms with Gasteiger partial charge in [-0.1, -0.05) is 18.2 Å². The van der Waals surface area contributed by atoms with Gasteiger partial charge in [-0.05, 0) is 19.9 Å². The van der Waals surface area contributed by atoms with E-state index in [0.29, 0.717) is 12.1 Å². The summed E-state index contributed by atoms with van der Waals surface area (Å²) >= 11 is 0. The number of aromatic nitrogens is 1. The van der Waals surface area contributed by atoms with Gasteiger partial charge < -0.3 is 16.0 Å². The highest BCUT2D eigenvalue weighted by molar-refractivity contribution is 6.06. The molecule has 90 valence electrons. The van der Waals surface area contributed by atoms with E-state index < -0.39 is 5.54 Å². The molecule has 4 heteroatoms. The van der Waals surface area contributed by atoms with E-state index in [1.807, 2.05) is 38.1 Å². The number of H-pyrrole nitrogens is 1. The van der Waals surface area contributed by atoms with Crippen LogP contribution in [0, 0.1) is 0 Å². The highest BCUT2D eigenvalue weighted by Crippen LogP contribution is 2.17. The zero-order valence-corrected chi connectivity index (χ0v) is 10.1. The maximum atomic E-state index is 12.0. The monoisotopic (exact) mass is 231 g/mol. The zero-order valence-electron chi connectivity index (χ0n) is 10.1. The molecule has 0 saturated carbocycles. The van der Waals surface area contributed by atoms with Gasteiger partial charge in [0.2, 0.25) is 0 Å². The smallest absolute Gasteiger partial charge is 0.253 e. The van der Waals surface area contributed by atoms with Crippen LogP contribution in [0.5, 0.6) is 0 Å². The molecular weight excluding hydrogens is 214 g/mol. The number of carbonyl (C=O) groups excluding carboxylic acids is 1. The summed E-state index contributed by atoms with van der Waals surface area (Å²) in [6.07, 6.45) is 1.73. The van der Waals surface area contributed by atoms with E-state index in [4.69, 9.17) is 5.73 Å². The van der Waals surface area contributed by atoms with Crippen LogP contribution in [0.15, 0.2) is 30.5 Å². The second-order valence-corrected chi connectivity index (χ2v) is 4.92. The molecule has 0 radical (unpaired) electrons. The second kappa shape index (κ2) is 4.22. The van der Waals surface area contributed by atoms with Crippen molar-refractivity contribution in [3.8, 4) is 0 Å². The minimum Gasteiger partial charge on any atom is -0.360 e. The first-order chi connectivity index (χ1) is 7.97. The van der Waals surface area contributed by atoms with Crippen molar-refractivity contribution in [2.45, 2.75) is 19.4 Å². The van der Waals surface area contributed by atoms with Crippen molar-refractivity contribution in [3.05, 3.63) is 36.0 Å². The van der Waals surface area contributed by atoms with Crippen LogP contribution in [-0.4, -0.2) is 23.0 Å². The SMILES string of the molecule is CC(C)(N)CNC(=O)c1c[nH]c2ccccc12. The fourth-order valence-corrected chi connectivity index (χ4v) is 1.66. The van der Waals surface area contributed by atoms with Gasteiger partial charge in [0.05, 0.1) is 5.56 Å². The van der Waals surface area contributed by atoms with Gasteiger partial charge in [-0.2, -0.15) is 0 Å². The Bertz CT molecular complexity index is 537. The van der Waals surface area contributed by atoms with Crippen molar-refractivity contribution in [1.82, 2.24) is 10.3 Å². The van der Waals surface area contributed by atoms with Crippen molar-refractivity contribution < 1.29 is 4.79 Å². The van der Waals surface area contributed by atoms with E-state index in [0.717, 1.165) is 10.9 Å². The minimum absolute atomic E-state index is 0.0963. The number of hydrogen-bond donors (Lipinski definition) is 3. The Morgan fingerprint density at radius 3 is 2.82 bits per heavy atom. The van der Waals surface area contributed by atoms with E-state index in [1.54, 1.807) is 6.20 Å². The largest absolute Gasteiger partial charge is 0.360 e. The molecule has 0 aliphatic carbocycles. The molecule has 0 bridgehead atoms. The number of rotatable bonds is 3. The Labute approximate surface area is 100 Å². The predicted molar refractivity (Wildman–Crippen MR) is 68.9 cm³/mol. The maximum Gasteiger partial charge on any atom is 0.253 e. The second-order valence-electron chi connectivity index (χ2n) is 4.92. The number of fused-ring (bicyclic) bond motifs is 1. The summed E-state index contributed by atoms with van der Waals surface area (Å²) in [4.78, 5) is 15.1. The third kappa shape index (κ3) is 2.65. The Morgan fingerprint density at radius 2 is 2.12 bits per heavy atom. The van der Waals surface area contributed by atoms with Gasteiger partial charge in [0.25, 0.3) is 5.91 Å². The predicted octanol–water partition coefficient (Wildman–Crippen LogP) is 1.63. The topological polar surface area (TPSA) is 70.9 Å². The highest BCUT2D eigenvalue weighted by atomic mass is 16.1. The number of nitrogens with one attached hydrogen (secondary N) is 2. The lowest BCUT2D eigenvalue weighted by molar-refractivity contribution is 0.0948. The lowest BCUT2D eigenvalue weighted by Crippen LogP contribution is -2.45. The molecule has 0 saturated heterocycles. The molecule has 1 amide bonds. The van der Waals surface area contributed by atoms with Crippen LogP contribution in [0.2, 0.25) is 0 Å². The van der Waals surface area contributed by atoms with Crippen molar-refractivity contribution in [1.29, 1.82) is 0 Å². The van der Waals surface area contributed by atoms with Crippen LogP contribution in [0.3, 0.4) is 0 Å². The third-order valence-corrected chi connectivity index (χ3v) is 2.54. The molecule has 0 unspecified atom stereocenters. The van der Waals surface area contributed by atoms with Crippen molar-refractivity contribution >= 4 is 16.8 Å². The van der Waals surface area contributed by atoms with Gasteiger partial charge in [-0.3, -0.25) is 4.79 Å². The quantitative estimate of drug-likeness (QED) is 0.751. The number of amides is 1. The number of carbonyl (C=O) groups is 1. The Hall–Kier alpha value is -1.81. The lowest BCUT2D eigenvalue weighted by Gasteiger charge is -2.18. The molecule has 1 heterocycles. The normalized spacial score (nSPS) is 11.7. The minimum atomic E-state index is -0.401. The number of para-hydroxylation sites is 1. The summed E-state index contributed by atoms with van der Waals surface area (Å²) in [6.45, 7) is 4.20. The zero-order chi connectivity index (χ0) is 12.5. The maximum absolute atomic E-state index is 12.0. The summed E-state index contributed by atoms with van der Waals surface area (Å²) in [5, 5.41) is 3.76. The van der Waals surface area contributed by atoms with E-state index in [9.17, 15) is 4.79 Å². The van der Waals surface area contributed by atoms with Gasteiger partial charge >= 0.3 is 0 Å².